The number of rotatable bonds is 7. The van der Waals surface area contributed by atoms with E-state index in [-0.39, 0.29) is 0 Å². The van der Waals surface area contributed by atoms with E-state index in [1.807, 2.05) is 12.1 Å². The van der Waals surface area contributed by atoms with Gasteiger partial charge in [0.2, 0.25) is 0 Å². The van der Waals surface area contributed by atoms with Crippen molar-refractivity contribution in [1.29, 1.82) is 0 Å². The third-order valence-corrected chi connectivity index (χ3v) is 11.2. The van der Waals surface area contributed by atoms with Crippen LogP contribution in [0.3, 0.4) is 0 Å². The molecule has 0 aliphatic heterocycles. The number of nitrogens with zero attached hydrogens (tertiary/aromatic N) is 4. The molecule has 58 heavy (non-hydrogen) atoms. The van der Waals surface area contributed by atoms with Gasteiger partial charge in [0, 0.05) is 50.0 Å². The number of hydrogen-bond acceptors (Lipinski definition) is 3. The molecule has 11 rings (SSSR count). The van der Waals surface area contributed by atoms with Gasteiger partial charge in [0.1, 0.15) is 0 Å². The van der Waals surface area contributed by atoms with Crippen LogP contribution in [0.4, 0.5) is 17.1 Å². The van der Waals surface area contributed by atoms with Crippen molar-refractivity contribution < 1.29 is 0 Å². The van der Waals surface area contributed by atoms with Crippen LogP contribution in [-0.4, -0.2) is 14.5 Å². The second kappa shape index (κ2) is 14.0. The van der Waals surface area contributed by atoms with Gasteiger partial charge in [0.15, 0.2) is 5.82 Å². The molecular weight excluding hydrogens is 705 g/mol. The summed E-state index contributed by atoms with van der Waals surface area (Å²) in [5.74, 6) is 0.694. The molecule has 0 fully saturated rings. The summed E-state index contributed by atoms with van der Waals surface area (Å²) in [6, 6.07) is 77.5. The summed E-state index contributed by atoms with van der Waals surface area (Å²) in [5.41, 5.74) is 12.8. The van der Waals surface area contributed by atoms with E-state index >= 15 is 0 Å². The van der Waals surface area contributed by atoms with Gasteiger partial charge in [-0.15, -0.1) is 0 Å². The van der Waals surface area contributed by atoms with Crippen LogP contribution in [0.15, 0.2) is 218 Å². The number of anilines is 3. The van der Waals surface area contributed by atoms with Crippen molar-refractivity contribution in [3.63, 3.8) is 0 Å². The van der Waals surface area contributed by atoms with E-state index in [4.69, 9.17) is 9.97 Å². The Labute approximate surface area is 336 Å². The van der Waals surface area contributed by atoms with E-state index in [0.717, 1.165) is 61.5 Å². The van der Waals surface area contributed by atoms with Crippen molar-refractivity contribution in [1.82, 2.24) is 14.5 Å². The van der Waals surface area contributed by atoms with Crippen molar-refractivity contribution >= 4 is 60.5 Å². The Morgan fingerprint density at radius 2 is 0.966 bits per heavy atom. The fourth-order valence-electron chi connectivity index (χ4n) is 8.38. The summed E-state index contributed by atoms with van der Waals surface area (Å²) in [4.78, 5) is 12.8. The topological polar surface area (TPSA) is 34.0 Å². The minimum Gasteiger partial charge on any atom is -0.310 e. The Morgan fingerprint density at radius 1 is 0.345 bits per heavy atom. The average molecular weight is 741 g/mol. The molecule has 11 aromatic rings. The summed E-state index contributed by atoms with van der Waals surface area (Å²) in [5, 5.41) is 5.83. The Kier molecular flexibility index (Phi) is 8.11. The fraction of sp³-hybridized carbons (Fsp3) is 0. The van der Waals surface area contributed by atoms with Crippen LogP contribution in [0.5, 0.6) is 0 Å². The second-order valence-electron chi connectivity index (χ2n) is 14.7. The van der Waals surface area contributed by atoms with Gasteiger partial charge in [-0.2, -0.15) is 0 Å². The molecule has 9 aromatic carbocycles. The Morgan fingerprint density at radius 3 is 1.81 bits per heavy atom. The quantitative estimate of drug-likeness (QED) is 0.163. The monoisotopic (exact) mass is 740 g/mol. The van der Waals surface area contributed by atoms with Crippen molar-refractivity contribution in [2.75, 3.05) is 4.90 Å². The molecule has 0 amide bonds. The largest absolute Gasteiger partial charge is 0.310 e. The zero-order valence-corrected chi connectivity index (χ0v) is 31.6. The Hall–Kier alpha value is -7.82. The van der Waals surface area contributed by atoms with E-state index in [0.29, 0.717) is 5.82 Å². The summed E-state index contributed by atoms with van der Waals surface area (Å²) >= 11 is 0. The number of para-hydroxylation sites is 3. The normalized spacial score (nSPS) is 11.4. The molecule has 0 N–H and O–H groups in total. The number of benzene rings is 9. The zero-order chi connectivity index (χ0) is 38.4. The summed E-state index contributed by atoms with van der Waals surface area (Å²) in [6.45, 7) is 0. The molecule has 0 radical (unpaired) electrons. The van der Waals surface area contributed by atoms with Crippen molar-refractivity contribution in [2.45, 2.75) is 0 Å². The van der Waals surface area contributed by atoms with E-state index in [1.54, 1.807) is 0 Å². The Balaban J connectivity index is 1.06. The zero-order valence-electron chi connectivity index (χ0n) is 31.6. The number of fused-ring (bicyclic) bond motifs is 5. The van der Waals surface area contributed by atoms with Crippen LogP contribution in [0.25, 0.3) is 82.9 Å². The molecule has 2 heterocycles. The summed E-state index contributed by atoms with van der Waals surface area (Å²) in [7, 11) is 0. The molecule has 0 aliphatic carbocycles. The highest BCUT2D eigenvalue weighted by molar-refractivity contribution is 6.10. The number of aromatic nitrogens is 3. The second-order valence-corrected chi connectivity index (χ2v) is 14.7. The summed E-state index contributed by atoms with van der Waals surface area (Å²) in [6.07, 6.45) is 0. The molecule has 0 aliphatic rings. The smallest absolute Gasteiger partial charge is 0.160 e. The molecule has 0 saturated carbocycles. The molecule has 0 atom stereocenters. The van der Waals surface area contributed by atoms with Gasteiger partial charge in [0.05, 0.1) is 22.2 Å². The van der Waals surface area contributed by atoms with Crippen LogP contribution in [-0.2, 0) is 0 Å². The van der Waals surface area contributed by atoms with E-state index < -0.39 is 0 Å². The SMILES string of the molecule is c1ccc(-c2ccc(-c3nc(-c4ccc5c6ccccc6n(-c6cccc(N(c7ccccc7)c7ccc8ccccc8c7)c6)c5c4)nc4ccccc34)cc2)cc1. The van der Waals surface area contributed by atoms with Crippen LogP contribution >= 0.6 is 0 Å². The first-order valence-corrected chi connectivity index (χ1v) is 19.7. The van der Waals surface area contributed by atoms with E-state index in [2.05, 4.69) is 216 Å². The molecule has 0 spiro atoms. The fourth-order valence-corrected chi connectivity index (χ4v) is 8.38. The highest BCUT2D eigenvalue weighted by Gasteiger charge is 2.19. The predicted molar refractivity (Wildman–Crippen MR) is 242 cm³/mol. The van der Waals surface area contributed by atoms with Gasteiger partial charge in [-0.3, -0.25) is 0 Å². The molecule has 0 bridgehead atoms. The first-order valence-electron chi connectivity index (χ1n) is 19.7. The molecule has 4 nitrogen and oxygen atoms in total. The lowest BCUT2D eigenvalue weighted by molar-refractivity contribution is 1.17. The average Bonchev–Trinajstić information content (AvgIpc) is 3.63. The Bertz CT molecular complexity index is 3280. The van der Waals surface area contributed by atoms with Crippen LogP contribution in [0.2, 0.25) is 0 Å². The van der Waals surface area contributed by atoms with Crippen molar-refractivity contribution in [3.05, 3.63) is 218 Å². The maximum Gasteiger partial charge on any atom is 0.160 e. The molecule has 0 saturated heterocycles. The van der Waals surface area contributed by atoms with Crippen molar-refractivity contribution in [3.8, 4) is 39.5 Å². The maximum atomic E-state index is 5.31. The first-order chi connectivity index (χ1) is 28.7. The van der Waals surface area contributed by atoms with Gasteiger partial charge in [-0.25, -0.2) is 9.97 Å². The molecule has 2 aromatic heterocycles. The minimum absolute atomic E-state index is 0.694. The standard InChI is InChI=1S/C54H36N4/c1-3-14-37(15-4-1)39-26-28-40(29-27-39)53-49-23-9-11-24-50(49)55-54(56-53)42-31-33-48-47-22-10-12-25-51(47)58(52(48)35-42)45-21-13-20-44(36-45)57(43-18-5-2-6-19-43)46-32-30-38-16-7-8-17-41(38)34-46/h1-36H. The first kappa shape index (κ1) is 33.5. The molecule has 4 heteroatoms. The van der Waals surface area contributed by atoms with Crippen LogP contribution in [0.1, 0.15) is 0 Å². The van der Waals surface area contributed by atoms with Gasteiger partial charge in [0.25, 0.3) is 0 Å². The van der Waals surface area contributed by atoms with Crippen molar-refractivity contribution in [2.24, 2.45) is 0 Å². The third-order valence-electron chi connectivity index (χ3n) is 11.2. The molecular formula is C54H36N4. The maximum absolute atomic E-state index is 5.31. The predicted octanol–water partition coefficient (Wildman–Crippen LogP) is 14.4. The van der Waals surface area contributed by atoms with Gasteiger partial charge in [-0.1, -0.05) is 158 Å². The highest BCUT2D eigenvalue weighted by atomic mass is 15.1. The van der Waals surface area contributed by atoms with E-state index in [1.165, 1.54) is 32.7 Å². The third kappa shape index (κ3) is 5.87. The molecule has 272 valence electrons. The lowest BCUT2D eigenvalue weighted by atomic mass is 10.0. The van der Waals surface area contributed by atoms with Gasteiger partial charge in [-0.05, 0) is 82.6 Å². The van der Waals surface area contributed by atoms with Crippen LogP contribution in [0, 0.1) is 0 Å². The lowest BCUT2D eigenvalue weighted by Gasteiger charge is -2.26. The summed E-state index contributed by atoms with van der Waals surface area (Å²) < 4.78 is 2.38. The highest BCUT2D eigenvalue weighted by Crippen LogP contribution is 2.40. The van der Waals surface area contributed by atoms with E-state index in [9.17, 15) is 0 Å². The van der Waals surface area contributed by atoms with Gasteiger partial charge < -0.3 is 9.47 Å². The minimum atomic E-state index is 0.694. The number of hydrogen-bond donors (Lipinski definition) is 0. The lowest BCUT2D eigenvalue weighted by Crippen LogP contribution is -2.10. The van der Waals surface area contributed by atoms with Crippen LogP contribution < -0.4 is 4.90 Å². The van der Waals surface area contributed by atoms with Gasteiger partial charge >= 0.3 is 0 Å². The molecule has 0 unspecified atom stereocenters.